The van der Waals surface area contributed by atoms with Crippen LogP contribution in [0.15, 0.2) is 45.5 Å². The van der Waals surface area contributed by atoms with Crippen molar-refractivity contribution >= 4 is 23.6 Å². The number of carbonyl (C=O) groups is 4. The quantitative estimate of drug-likeness (QED) is 0.346. The minimum absolute atomic E-state index is 0.110. The molecule has 0 spiro atoms. The third-order valence-electron chi connectivity index (χ3n) is 7.22. The van der Waals surface area contributed by atoms with Crippen LogP contribution in [-0.2, 0) is 22.4 Å². The Morgan fingerprint density at radius 1 is 1.10 bits per heavy atom. The largest absolute Gasteiger partial charge is 0.446 e. The first kappa shape index (κ1) is 30.5. The highest BCUT2D eigenvalue weighted by molar-refractivity contribution is 5.99. The van der Waals surface area contributed by atoms with Gasteiger partial charge >= 0.3 is 0 Å². The average Bonchev–Trinajstić information content (AvgIpc) is 3.61. The maximum absolute atomic E-state index is 13.6. The Bertz CT molecular complexity index is 1400. The summed E-state index contributed by atoms with van der Waals surface area (Å²) in [6.07, 6.45) is 3.47. The normalized spacial score (nSPS) is 20.5. The minimum Gasteiger partial charge on any atom is -0.446 e. The second-order valence-corrected chi connectivity index (χ2v) is 10.7. The van der Waals surface area contributed by atoms with Crippen molar-refractivity contribution in [1.82, 2.24) is 31.4 Å². The minimum atomic E-state index is -0.930. The van der Waals surface area contributed by atoms with Crippen molar-refractivity contribution in [3.63, 3.8) is 0 Å². The van der Waals surface area contributed by atoms with E-state index in [9.17, 15) is 19.2 Å². The summed E-state index contributed by atoms with van der Waals surface area (Å²) in [7, 11) is 0. The molecule has 0 aliphatic carbocycles. The van der Waals surface area contributed by atoms with E-state index in [0.717, 1.165) is 5.56 Å². The second kappa shape index (κ2) is 13.9. The summed E-state index contributed by atoms with van der Waals surface area (Å²) in [4.78, 5) is 57.6. The molecule has 4 rings (SSSR count). The third-order valence-corrected chi connectivity index (χ3v) is 7.22. The first-order chi connectivity index (χ1) is 20.2. The van der Waals surface area contributed by atoms with Crippen molar-refractivity contribution in [2.75, 3.05) is 6.54 Å². The van der Waals surface area contributed by atoms with E-state index in [0.29, 0.717) is 49.2 Å². The number of nitrogens with one attached hydrogen (secondary N) is 4. The zero-order valence-electron chi connectivity index (χ0n) is 24.4. The van der Waals surface area contributed by atoms with Gasteiger partial charge in [-0.05, 0) is 44.1 Å². The molecule has 1 aliphatic rings. The maximum Gasteiger partial charge on any atom is 0.273 e. The molecule has 2 bridgehead atoms. The van der Waals surface area contributed by atoms with Gasteiger partial charge < -0.3 is 30.2 Å². The maximum atomic E-state index is 13.6. The molecule has 3 atom stereocenters. The Hall–Kier alpha value is -4.48. The molecule has 4 N–H and O–H groups in total. The average molecular weight is 579 g/mol. The monoisotopic (exact) mass is 578 g/mol. The molecule has 0 fully saturated rings. The van der Waals surface area contributed by atoms with Gasteiger partial charge in [-0.2, -0.15) is 0 Å². The first-order valence-electron chi connectivity index (χ1n) is 14.3. The SMILES string of the molecule is CCc1noc(C)c1C(=O)N[C@H]1CCCCNC(=O)c2coc(n2)[C@@H](Cc2ccccc2)NC(=O)[C@H](C(C)C)NC1=O. The molecule has 12 heteroatoms. The van der Waals surface area contributed by atoms with Gasteiger partial charge in [0.05, 0.1) is 5.69 Å². The Kier molecular flexibility index (Phi) is 10.1. The van der Waals surface area contributed by atoms with Gasteiger partial charge in [-0.1, -0.05) is 56.3 Å². The molecule has 0 saturated heterocycles. The van der Waals surface area contributed by atoms with E-state index in [1.165, 1.54) is 6.26 Å². The number of nitrogens with zero attached hydrogens (tertiary/aromatic N) is 2. The summed E-state index contributed by atoms with van der Waals surface area (Å²) in [5.41, 5.74) is 1.83. The molecule has 1 aromatic carbocycles. The predicted octanol–water partition coefficient (Wildman–Crippen LogP) is 2.79. The van der Waals surface area contributed by atoms with Gasteiger partial charge in [0.2, 0.25) is 17.7 Å². The fourth-order valence-corrected chi connectivity index (χ4v) is 4.87. The number of fused-ring (bicyclic) bond motifs is 2. The Morgan fingerprint density at radius 2 is 1.86 bits per heavy atom. The Balaban J connectivity index is 1.61. The van der Waals surface area contributed by atoms with Crippen LogP contribution in [0.2, 0.25) is 0 Å². The molecular formula is C30H38N6O6. The van der Waals surface area contributed by atoms with E-state index in [1.807, 2.05) is 51.1 Å². The van der Waals surface area contributed by atoms with E-state index in [2.05, 4.69) is 31.4 Å². The molecule has 3 aromatic rings. The van der Waals surface area contributed by atoms with Crippen LogP contribution in [-0.4, -0.2) is 52.4 Å². The fraction of sp³-hybridized carbons (Fsp3) is 0.467. The van der Waals surface area contributed by atoms with E-state index >= 15 is 0 Å². The zero-order chi connectivity index (χ0) is 30.2. The van der Waals surface area contributed by atoms with Gasteiger partial charge in [0.1, 0.15) is 35.7 Å². The van der Waals surface area contributed by atoms with Crippen molar-refractivity contribution in [3.8, 4) is 0 Å². The number of hydrogen-bond donors (Lipinski definition) is 4. The van der Waals surface area contributed by atoms with E-state index in [1.54, 1.807) is 6.92 Å². The smallest absolute Gasteiger partial charge is 0.273 e. The molecule has 4 amide bonds. The third kappa shape index (κ3) is 7.42. The van der Waals surface area contributed by atoms with Crippen molar-refractivity contribution in [1.29, 1.82) is 0 Å². The highest BCUT2D eigenvalue weighted by Gasteiger charge is 2.32. The van der Waals surface area contributed by atoms with Crippen molar-refractivity contribution in [3.05, 3.63) is 70.8 Å². The van der Waals surface area contributed by atoms with Gasteiger partial charge in [-0.25, -0.2) is 4.98 Å². The molecule has 42 heavy (non-hydrogen) atoms. The number of rotatable bonds is 6. The van der Waals surface area contributed by atoms with E-state index < -0.39 is 41.8 Å². The number of carbonyl (C=O) groups excluding carboxylic acids is 4. The molecule has 224 valence electrons. The number of hydrogen-bond acceptors (Lipinski definition) is 8. The van der Waals surface area contributed by atoms with Crippen molar-refractivity contribution in [2.45, 2.75) is 77.9 Å². The fourth-order valence-electron chi connectivity index (χ4n) is 4.87. The highest BCUT2D eigenvalue weighted by atomic mass is 16.5. The lowest BCUT2D eigenvalue weighted by Crippen LogP contribution is -2.56. The molecule has 1 aliphatic heterocycles. The summed E-state index contributed by atoms with van der Waals surface area (Å²) in [6.45, 7) is 7.49. The number of oxazole rings is 1. The number of benzene rings is 1. The van der Waals surface area contributed by atoms with Crippen LogP contribution >= 0.6 is 0 Å². The van der Waals surface area contributed by atoms with E-state index in [4.69, 9.17) is 8.94 Å². The van der Waals surface area contributed by atoms with Crippen LogP contribution in [0.5, 0.6) is 0 Å². The predicted molar refractivity (Wildman–Crippen MR) is 152 cm³/mol. The summed E-state index contributed by atoms with van der Waals surface area (Å²) < 4.78 is 10.9. The lowest BCUT2D eigenvalue weighted by Gasteiger charge is -2.27. The Morgan fingerprint density at radius 3 is 2.57 bits per heavy atom. The van der Waals surface area contributed by atoms with E-state index in [-0.39, 0.29) is 23.9 Å². The standard InChI is InChI=1S/C30H38N6O6/c1-5-20-24(18(4)42-36-20)28(39)32-21-13-9-10-14-31-26(37)23-16-41-30(34-23)22(15-19-11-7-6-8-12-19)33-29(40)25(17(2)3)35-27(21)38/h6-8,11-12,16-17,21-22,25H,5,9-10,13-15H2,1-4H3,(H,31,37)(H,32,39)(H,33,40)(H,35,38)/t21-,22+,25-/m0/s1. The summed E-state index contributed by atoms with van der Waals surface area (Å²) in [6, 6.07) is 6.95. The van der Waals surface area contributed by atoms with Gasteiger partial charge in [-0.15, -0.1) is 0 Å². The van der Waals surface area contributed by atoms with Crippen LogP contribution in [0, 0.1) is 12.8 Å². The van der Waals surface area contributed by atoms with Crippen LogP contribution in [0.3, 0.4) is 0 Å². The molecule has 2 aromatic heterocycles. The van der Waals surface area contributed by atoms with Crippen LogP contribution in [0.25, 0.3) is 0 Å². The molecule has 0 saturated carbocycles. The Labute approximate surface area is 244 Å². The van der Waals surface area contributed by atoms with Gasteiger partial charge in [0, 0.05) is 13.0 Å². The van der Waals surface area contributed by atoms with Gasteiger partial charge in [-0.3, -0.25) is 19.2 Å². The zero-order valence-corrected chi connectivity index (χ0v) is 24.4. The van der Waals surface area contributed by atoms with Crippen molar-refractivity contribution < 1.29 is 28.1 Å². The molecule has 0 radical (unpaired) electrons. The number of amides is 4. The summed E-state index contributed by atoms with van der Waals surface area (Å²) >= 11 is 0. The molecular weight excluding hydrogens is 540 g/mol. The topological polar surface area (TPSA) is 168 Å². The molecule has 12 nitrogen and oxygen atoms in total. The summed E-state index contributed by atoms with van der Waals surface area (Å²) in [5, 5.41) is 15.4. The van der Waals surface area contributed by atoms with Crippen LogP contribution in [0.1, 0.15) is 89.8 Å². The van der Waals surface area contributed by atoms with Crippen molar-refractivity contribution in [2.24, 2.45) is 5.92 Å². The van der Waals surface area contributed by atoms with Gasteiger partial charge in [0.25, 0.3) is 11.8 Å². The first-order valence-corrected chi connectivity index (χ1v) is 14.3. The lowest BCUT2D eigenvalue weighted by atomic mass is 10.00. The van der Waals surface area contributed by atoms with Crippen LogP contribution < -0.4 is 21.3 Å². The molecule has 0 unspecified atom stereocenters. The summed E-state index contributed by atoms with van der Waals surface area (Å²) in [5.74, 6) is -1.54. The molecule has 3 heterocycles. The number of aromatic nitrogens is 2. The second-order valence-electron chi connectivity index (χ2n) is 10.7. The highest BCUT2D eigenvalue weighted by Crippen LogP contribution is 2.20. The number of aryl methyl sites for hydroxylation is 2. The van der Waals surface area contributed by atoms with Crippen LogP contribution in [0.4, 0.5) is 0 Å². The lowest BCUT2D eigenvalue weighted by molar-refractivity contribution is -0.131. The van der Waals surface area contributed by atoms with Gasteiger partial charge in [0.15, 0.2) is 5.69 Å².